The molecule has 0 fully saturated rings. The molecule has 2 aromatic heterocycles. The number of ether oxygens (including phenoxy) is 2. The molecule has 0 N–H and O–H groups in total. The second-order valence-corrected chi connectivity index (χ2v) is 5.93. The van der Waals surface area contributed by atoms with E-state index in [4.69, 9.17) is 13.9 Å². The van der Waals surface area contributed by atoms with E-state index in [0.29, 0.717) is 24.0 Å². The molecule has 0 unspecified atom stereocenters. The van der Waals surface area contributed by atoms with Gasteiger partial charge in [-0.25, -0.2) is 4.98 Å². The lowest BCUT2D eigenvalue weighted by atomic mass is 10.2. The molecule has 1 aromatic carbocycles. The summed E-state index contributed by atoms with van der Waals surface area (Å²) in [4.78, 5) is 17.3. The van der Waals surface area contributed by atoms with Crippen LogP contribution in [0, 0.1) is 0 Å². The molecule has 3 aromatic rings. The Morgan fingerprint density at radius 3 is 2.88 bits per heavy atom. The van der Waals surface area contributed by atoms with Gasteiger partial charge in [0.25, 0.3) is 0 Å². The van der Waals surface area contributed by atoms with Crippen molar-refractivity contribution in [1.29, 1.82) is 0 Å². The van der Waals surface area contributed by atoms with Crippen LogP contribution in [-0.4, -0.2) is 24.7 Å². The molecule has 24 heavy (non-hydrogen) atoms. The molecule has 6 heteroatoms. The molecule has 0 radical (unpaired) electrons. The number of nitrogens with zero attached hydrogens (tertiary/aromatic N) is 1. The van der Waals surface area contributed by atoms with Gasteiger partial charge in [0, 0.05) is 5.56 Å². The lowest BCUT2D eigenvalue weighted by molar-refractivity contribution is -0.142. The fraction of sp³-hybridized carbons (Fsp3) is 0.222. The number of rotatable bonds is 6. The molecular weight excluding hydrogens is 326 g/mol. The third kappa shape index (κ3) is 3.49. The van der Waals surface area contributed by atoms with Crippen molar-refractivity contribution >= 4 is 17.3 Å². The van der Waals surface area contributed by atoms with E-state index in [1.54, 1.807) is 14.0 Å². The fourth-order valence-corrected chi connectivity index (χ4v) is 3.03. The molecule has 0 saturated heterocycles. The predicted octanol–water partition coefficient (Wildman–Crippen LogP) is 4.18. The maximum absolute atomic E-state index is 11.9. The third-order valence-electron chi connectivity index (χ3n) is 3.38. The minimum Gasteiger partial charge on any atom is -0.497 e. The molecule has 0 bridgehead atoms. The van der Waals surface area contributed by atoms with Crippen LogP contribution in [0.1, 0.15) is 12.6 Å². The van der Waals surface area contributed by atoms with E-state index in [0.717, 1.165) is 16.2 Å². The van der Waals surface area contributed by atoms with E-state index >= 15 is 0 Å². The second kappa shape index (κ2) is 7.31. The minimum absolute atomic E-state index is 0.0779. The Morgan fingerprint density at radius 1 is 1.29 bits per heavy atom. The van der Waals surface area contributed by atoms with Gasteiger partial charge in [-0.2, -0.15) is 0 Å². The quantitative estimate of drug-likeness (QED) is 0.628. The van der Waals surface area contributed by atoms with Crippen molar-refractivity contribution in [3.8, 4) is 27.8 Å². The van der Waals surface area contributed by atoms with Crippen LogP contribution in [0.25, 0.3) is 22.1 Å². The summed E-state index contributed by atoms with van der Waals surface area (Å²) in [5.74, 6) is 1.46. The first-order valence-corrected chi connectivity index (χ1v) is 8.43. The molecule has 0 spiro atoms. The highest BCUT2D eigenvalue weighted by Gasteiger charge is 2.20. The number of hydrogen-bond donors (Lipinski definition) is 0. The first-order valence-electron chi connectivity index (χ1n) is 7.55. The van der Waals surface area contributed by atoms with Crippen molar-refractivity contribution < 1.29 is 18.7 Å². The van der Waals surface area contributed by atoms with Crippen molar-refractivity contribution in [3.63, 3.8) is 0 Å². The Balaban J connectivity index is 2.00. The van der Waals surface area contributed by atoms with Gasteiger partial charge in [0.2, 0.25) is 5.89 Å². The molecule has 2 heterocycles. The molecule has 0 aliphatic rings. The van der Waals surface area contributed by atoms with Gasteiger partial charge in [-0.15, -0.1) is 11.3 Å². The van der Waals surface area contributed by atoms with Crippen molar-refractivity contribution in [2.24, 2.45) is 0 Å². The summed E-state index contributed by atoms with van der Waals surface area (Å²) in [5, 5.41) is 1.96. The fourth-order valence-electron chi connectivity index (χ4n) is 2.30. The Labute approximate surface area is 143 Å². The SMILES string of the molecule is CCOC(=O)Cc1nc(-c2cccc(OC)c2)oc1-c1cccs1. The summed E-state index contributed by atoms with van der Waals surface area (Å²) in [7, 11) is 1.61. The highest BCUT2D eigenvalue weighted by atomic mass is 32.1. The largest absolute Gasteiger partial charge is 0.497 e. The zero-order chi connectivity index (χ0) is 16.9. The summed E-state index contributed by atoms with van der Waals surface area (Å²) in [6.07, 6.45) is 0.0779. The molecule has 0 atom stereocenters. The van der Waals surface area contributed by atoms with Gasteiger partial charge in [-0.3, -0.25) is 4.79 Å². The van der Waals surface area contributed by atoms with E-state index in [1.807, 2.05) is 41.8 Å². The van der Waals surface area contributed by atoms with Gasteiger partial charge in [0.15, 0.2) is 5.76 Å². The van der Waals surface area contributed by atoms with Crippen molar-refractivity contribution in [1.82, 2.24) is 4.98 Å². The first kappa shape index (κ1) is 16.3. The zero-order valence-corrected chi connectivity index (χ0v) is 14.3. The molecule has 0 amide bonds. The lowest BCUT2D eigenvalue weighted by Crippen LogP contribution is -2.08. The van der Waals surface area contributed by atoms with E-state index in [9.17, 15) is 4.79 Å². The van der Waals surface area contributed by atoms with Gasteiger partial charge in [-0.05, 0) is 36.6 Å². The number of oxazole rings is 1. The van der Waals surface area contributed by atoms with Crippen LogP contribution in [0.4, 0.5) is 0 Å². The summed E-state index contributed by atoms with van der Waals surface area (Å²) in [6, 6.07) is 11.3. The predicted molar refractivity (Wildman–Crippen MR) is 92.1 cm³/mol. The van der Waals surface area contributed by atoms with E-state index in [2.05, 4.69) is 4.98 Å². The Kier molecular flexibility index (Phi) is 4.96. The third-order valence-corrected chi connectivity index (χ3v) is 4.24. The Morgan fingerprint density at radius 2 is 2.17 bits per heavy atom. The van der Waals surface area contributed by atoms with E-state index in [1.165, 1.54) is 11.3 Å². The van der Waals surface area contributed by atoms with Crippen LogP contribution in [-0.2, 0) is 16.0 Å². The van der Waals surface area contributed by atoms with E-state index in [-0.39, 0.29) is 12.4 Å². The van der Waals surface area contributed by atoms with Gasteiger partial charge in [0.1, 0.15) is 5.75 Å². The Bertz CT molecular complexity index is 823. The number of hydrogen-bond acceptors (Lipinski definition) is 6. The van der Waals surface area contributed by atoms with E-state index < -0.39 is 0 Å². The van der Waals surface area contributed by atoms with Crippen molar-refractivity contribution in [2.75, 3.05) is 13.7 Å². The number of methoxy groups -OCH3 is 1. The van der Waals surface area contributed by atoms with Crippen LogP contribution in [0.15, 0.2) is 46.2 Å². The monoisotopic (exact) mass is 343 g/mol. The van der Waals surface area contributed by atoms with Crippen LogP contribution in [0.2, 0.25) is 0 Å². The Hall–Kier alpha value is -2.60. The number of carbonyl (C=O) groups excluding carboxylic acids is 1. The first-order chi connectivity index (χ1) is 11.7. The number of benzene rings is 1. The zero-order valence-electron chi connectivity index (χ0n) is 13.4. The summed E-state index contributed by atoms with van der Waals surface area (Å²) in [5.41, 5.74) is 1.37. The smallest absolute Gasteiger partial charge is 0.312 e. The van der Waals surface area contributed by atoms with Crippen LogP contribution in [0.3, 0.4) is 0 Å². The number of carbonyl (C=O) groups is 1. The number of aromatic nitrogens is 1. The normalized spacial score (nSPS) is 10.6. The molecular formula is C18H17NO4S. The average Bonchev–Trinajstić information content (AvgIpc) is 3.24. The highest BCUT2D eigenvalue weighted by Crippen LogP contribution is 2.33. The average molecular weight is 343 g/mol. The second-order valence-electron chi connectivity index (χ2n) is 4.99. The number of esters is 1. The van der Waals surface area contributed by atoms with Crippen LogP contribution in [0.5, 0.6) is 5.75 Å². The molecule has 124 valence electrons. The van der Waals surface area contributed by atoms with Crippen molar-refractivity contribution in [3.05, 3.63) is 47.5 Å². The topological polar surface area (TPSA) is 61.6 Å². The van der Waals surface area contributed by atoms with Gasteiger partial charge in [-0.1, -0.05) is 12.1 Å². The van der Waals surface area contributed by atoms with Gasteiger partial charge < -0.3 is 13.9 Å². The van der Waals surface area contributed by atoms with Crippen LogP contribution < -0.4 is 4.74 Å². The highest BCUT2D eigenvalue weighted by molar-refractivity contribution is 7.13. The van der Waals surface area contributed by atoms with Crippen LogP contribution >= 0.6 is 11.3 Å². The standard InChI is InChI=1S/C18H17NO4S/c1-3-22-16(20)11-14-17(15-8-5-9-24-15)23-18(19-14)12-6-4-7-13(10-12)21-2/h4-10H,3,11H2,1-2H3. The molecule has 0 saturated carbocycles. The molecule has 3 rings (SSSR count). The summed E-state index contributed by atoms with van der Waals surface area (Å²) < 4.78 is 16.2. The van der Waals surface area contributed by atoms with Gasteiger partial charge in [0.05, 0.1) is 30.7 Å². The summed E-state index contributed by atoms with van der Waals surface area (Å²) in [6.45, 7) is 2.12. The lowest BCUT2D eigenvalue weighted by Gasteiger charge is -2.00. The molecule has 0 aliphatic heterocycles. The molecule has 5 nitrogen and oxygen atoms in total. The maximum atomic E-state index is 11.9. The number of thiophene rings is 1. The summed E-state index contributed by atoms with van der Waals surface area (Å²) >= 11 is 1.54. The van der Waals surface area contributed by atoms with Gasteiger partial charge >= 0.3 is 5.97 Å². The minimum atomic E-state index is -0.319. The molecule has 0 aliphatic carbocycles. The maximum Gasteiger partial charge on any atom is 0.312 e. The van der Waals surface area contributed by atoms with Crippen molar-refractivity contribution in [2.45, 2.75) is 13.3 Å².